The maximum atomic E-state index is 14.1. The van der Waals surface area contributed by atoms with Crippen molar-refractivity contribution in [2.45, 2.75) is 125 Å². The number of unbranched alkanes of at least 4 members (excludes halogenated alkanes) is 8. The smallest absolute Gasteiger partial charge is 0.460 e. The van der Waals surface area contributed by atoms with Gasteiger partial charge >= 0.3 is 59.6 Å². The summed E-state index contributed by atoms with van der Waals surface area (Å²) >= 11 is 0. The van der Waals surface area contributed by atoms with Crippen LogP contribution >= 0.6 is 0 Å². The van der Waals surface area contributed by atoms with Gasteiger partial charge in [0.25, 0.3) is 0 Å². The first-order chi connectivity index (χ1) is 26.6. The Morgan fingerprint density at radius 1 is 0.517 bits per heavy atom. The van der Waals surface area contributed by atoms with E-state index in [0.29, 0.717) is 24.9 Å². The Morgan fingerprint density at radius 3 is 1.45 bits per heavy atom. The summed E-state index contributed by atoms with van der Waals surface area (Å²) in [6, 6.07) is 4.30. The Bertz CT molecular complexity index is 1540. The number of hydrogen-bond donors (Lipinski definition) is 0. The van der Waals surface area contributed by atoms with E-state index in [1.807, 2.05) is 0 Å². The molecular weight excluding hydrogens is 835 g/mol. The molecule has 2 bridgehead atoms. The van der Waals surface area contributed by atoms with Gasteiger partial charge in [0.05, 0.1) is 37.7 Å². The van der Waals surface area contributed by atoms with E-state index >= 15 is 0 Å². The third kappa shape index (κ3) is 10.1. The minimum absolute atomic E-state index is 0.0115. The first-order valence-corrected chi connectivity index (χ1v) is 18.0. The van der Waals surface area contributed by atoms with Gasteiger partial charge in [-0.1, -0.05) is 57.1 Å². The van der Waals surface area contributed by atoms with Gasteiger partial charge in [0.15, 0.2) is 0 Å². The first-order valence-electron chi connectivity index (χ1n) is 18.0. The average molecular weight is 875 g/mol. The number of rotatable bonds is 24. The van der Waals surface area contributed by atoms with E-state index in [1.165, 1.54) is 12.1 Å². The molecule has 0 amide bonds. The summed E-state index contributed by atoms with van der Waals surface area (Å²) in [7, 11) is 0. The highest BCUT2D eigenvalue weighted by Gasteiger charge is 2.95. The molecule has 3 atom stereocenters. The maximum absolute atomic E-state index is 14.1. The molecule has 3 rings (SSSR count). The standard InChI is InChI=1S/C36H39F17O5/c37-29(38,30(39,40)31(41,42)32(43,44)33(45,46)34(47,48)35(49,50)36(51,52)53)16-19-58-27(54)23-12-14-25(15-13-23)56-17-8-6-4-2-1-3-5-7-9-18-57-28(55)26-21-22-10-11-24(26)20-22/h10-15,22,24,26H,1-9,16-21H2. The molecule has 0 aromatic heterocycles. The highest BCUT2D eigenvalue weighted by Crippen LogP contribution is 2.64. The molecule has 0 saturated heterocycles. The highest BCUT2D eigenvalue weighted by atomic mass is 19.4. The number of ether oxygens (including phenoxy) is 3. The molecule has 1 aromatic carbocycles. The van der Waals surface area contributed by atoms with Crippen LogP contribution in [0.25, 0.3) is 0 Å². The molecule has 0 radical (unpaired) electrons. The lowest BCUT2D eigenvalue weighted by Gasteiger charge is -2.42. The fraction of sp³-hybridized carbons (Fsp3) is 0.722. The van der Waals surface area contributed by atoms with Crippen molar-refractivity contribution in [1.82, 2.24) is 0 Å². The lowest BCUT2D eigenvalue weighted by Crippen LogP contribution is -2.74. The molecule has 332 valence electrons. The van der Waals surface area contributed by atoms with Crippen LogP contribution in [-0.4, -0.2) is 79.4 Å². The molecule has 2 aliphatic carbocycles. The first kappa shape index (κ1) is 48.9. The van der Waals surface area contributed by atoms with Crippen molar-refractivity contribution < 1.29 is 98.4 Å². The van der Waals surface area contributed by atoms with E-state index in [0.717, 1.165) is 76.3 Å². The van der Waals surface area contributed by atoms with E-state index in [1.54, 1.807) is 0 Å². The van der Waals surface area contributed by atoms with Crippen LogP contribution in [0.5, 0.6) is 5.75 Å². The maximum Gasteiger partial charge on any atom is 0.460 e. The number of esters is 2. The van der Waals surface area contributed by atoms with Crippen molar-refractivity contribution in [3.63, 3.8) is 0 Å². The second-order valence-corrected chi connectivity index (χ2v) is 14.1. The number of hydrogen-bond acceptors (Lipinski definition) is 5. The number of alkyl halides is 17. The average Bonchev–Trinajstić information content (AvgIpc) is 3.77. The fourth-order valence-corrected chi connectivity index (χ4v) is 6.36. The predicted octanol–water partition coefficient (Wildman–Crippen LogP) is 11.9. The Kier molecular flexibility index (Phi) is 15.5. The summed E-state index contributed by atoms with van der Waals surface area (Å²) in [5.41, 5.74) is -0.485. The zero-order valence-electron chi connectivity index (χ0n) is 30.3. The predicted molar refractivity (Wildman–Crippen MR) is 169 cm³/mol. The van der Waals surface area contributed by atoms with Crippen molar-refractivity contribution in [2.24, 2.45) is 17.8 Å². The van der Waals surface area contributed by atoms with Crippen molar-refractivity contribution in [1.29, 1.82) is 0 Å². The van der Waals surface area contributed by atoms with Gasteiger partial charge in [0, 0.05) is 0 Å². The topological polar surface area (TPSA) is 61.8 Å². The second-order valence-electron chi connectivity index (χ2n) is 14.1. The molecule has 2 aliphatic rings. The molecule has 0 heterocycles. The molecule has 3 unspecified atom stereocenters. The molecule has 1 aromatic rings. The minimum Gasteiger partial charge on any atom is -0.494 e. The van der Waals surface area contributed by atoms with Crippen LogP contribution in [0.15, 0.2) is 36.4 Å². The largest absolute Gasteiger partial charge is 0.494 e. The number of fused-ring (bicyclic) bond motifs is 2. The third-order valence-electron chi connectivity index (χ3n) is 9.91. The van der Waals surface area contributed by atoms with E-state index in [2.05, 4.69) is 16.9 Å². The summed E-state index contributed by atoms with van der Waals surface area (Å²) in [5, 5.41) is 0. The molecule has 1 fully saturated rings. The quantitative estimate of drug-likeness (QED) is 0.0448. The van der Waals surface area contributed by atoms with Crippen molar-refractivity contribution in [2.75, 3.05) is 19.8 Å². The van der Waals surface area contributed by atoms with Crippen molar-refractivity contribution in [3.05, 3.63) is 42.0 Å². The zero-order valence-corrected chi connectivity index (χ0v) is 30.3. The van der Waals surface area contributed by atoms with Gasteiger partial charge in [0.2, 0.25) is 0 Å². The van der Waals surface area contributed by atoms with Crippen molar-refractivity contribution >= 4 is 11.9 Å². The third-order valence-corrected chi connectivity index (χ3v) is 9.91. The van der Waals surface area contributed by atoms with Crippen LogP contribution in [0, 0.1) is 17.8 Å². The molecule has 0 N–H and O–H groups in total. The van der Waals surface area contributed by atoms with Gasteiger partial charge in [-0.25, -0.2) is 4.79 Å². The van der Waals surface area contributed by atoms with Gasteiger partial charge in [-0.2, -0.15) is 74.6 Å². The van der Waals surface area contributed by atoms with Gasteiger partial charge < -0.3 is 14.2 Å². The van der Waals surface area contributed by atoms with E-state index in [-0.39, 0.29) is 24.2 Å². The number of halogens is 17. The van der Waals surface area contributed by atoms with Crippen LogP contribution < -0.4 is 4.74 Å². The Balaban J connectivity index is 1.34. The normalized spacial score (nSPS) is 19.4. The summed E-state index contributed by atoms with van der Waals surface area (Å²) < 4.78 is 243. The zero-order chi connectivity index (χ0) is 44.0. The van der Waals surface area contributed by atoms with E-state index < -0.39 is 72.2 Å². The number of allylic oxidation sites excluding steroid dienone is 2. The molecular formula is C36H39F17O5. The van der Waals surface area contributed by atoms with Gasteiger partial charge in [-0.05, 0) is 61.8 Å². The Morgan fingerprint density at radius 2 is 0.983 bits per heavy atom. The molecule has 0 spiro atoms. The fourth-order valence-electron chi connectivity index (χ4n) is 6.36. The van der Waals surface area contributed by atoms with Gasteiger partial charge in [0.1, 0.15) is 5.75 Å². The van der Waals surface area contributed by atoms with Gasteiger partial charge in [-0.3, -0.25) is 4.79 Å². The van der Waals surface area contributed by atoms with Gasteiger partial charge in [-0.15, -0.1) is 0 Å². The van der Waals surface area contributed by atoms with Crippen LogP contribution in [-0.2, 0) is 14.3 Å². The summed E-state index contributed by atoms with van der Waals surface area (Å²) in [4.78, 5) is 24.3. The molecule has 1 saturated carbocycles. The number of benzene rings is 1. The Labute approximate surface area is 320 Å². The summed E-state index contributed by atoms with van der Waals surface area (Å²) in [5.74, 6) is -57.8. The highest BCUT2D eigenvalue weighted by molar-refractivity contribution is 5.89. The molecule has 22 heteroatoms. The van der Waals surface area contributed by atoms with E-state index in [4.69, 9.17) is 9.47 Å². The summed E-state index contributed by atoms with van der Waals surface area (Å²) in [6.07, 6.45) is 3.61. The molecule has 5 nitrogen and oxygen atoms in total. The monoisotopic (exact) mass is 874 g/mol. The lowest BCUT2D eigenvalue weighted by molar-refractivity contribution is -0.461. The van der Waals surface area contributed by atoms with Crippen LogP contribution in [0.2, 0.25) is 0 Å². The van der Waals surface area contributed by atoms with Crippen LogP contribution in [0.3, 0.4) is 0 Å². The second kappa shape index (κ2) is 18.4. The van der Waals surface area contributed by atoms with Crippen LogP contribution in [0.1, 0.15) is 87.4 Å². The molecule has 0 aliphatic heterocycles. The molecule has 58 heavy (non-hydrogen) atoms. The van der Waals surface area contributed by atoms with E-state index in [9.17, 15) is 84.2 Å². The Hall–Kier alpha value is -3.49. The van der Waals surface area contributed by atoms with Crippen molar-refractivity contribution in [3.8, 4) is 5.75 Å². The summed E-state index contributed by atoms with van der Waals surface area (Å²) in [6.45, 7) is -1.37. The van der Waals surface area contributed by atoms with Crippen LogP contribution in [0.4, 0.5) is 74.6 Å². The lowest BCUT2D eigenvalue weighted by atomic mass is 9.88. The minimum atomic E-state index is -8.71. The number of carbonyl (C=O) groups excluding carboxylic acids is 2. The SMILES string of the molecule is O=C(OCCC(F)(F)C(F)(F)C(F)(F)C(F)(F)C(F)(F)C(F)(F)C(F)(F)C(F)(F)F)c1ccc(OCCCCCCCCCCCOC(=O)C2CC3C=CC2C3)cc1. The number of carbonyl (C=O) groups is 2.